The molecule has 0 unspecified atom stereocenters. The Morgan fingerprint density at radius 3 is 2.62 bits per heavy atom. The summed E-state index contributed by atoms with van der Waals surface area (Å²) >= 11 is 0. The lowest BCUT2D eigenvalue weighted by atomic mass is 10.2. The summed E-state index contributed by atoms with van der Waals surface area (Å²) in [6.07, 6.45) is -0.336. The van der Waals surface area contributed by atoms with Crippen molar-refractivity contribution in [2.24, 2.45) is 0 Å². The van der Waals surface area contributed by atoms with Gasteiger partial charge < -0.3 is 4.74 Å². The number of halogens is 1. The molecule has 0 N–H and O–H groups in total. The number of carbonyl (C=O) groups excluding carboxylic acids is 1. The molecule has 0 fully saturated rings. The van der Waals surface area contributed by atoms with E-state index in [1.54, 1.807) is 13.8 Å². The van der Waals surface area contributed by atoms with Crippen LogP contribution in [0.2, 0.25) is 0 Å². The highest BCUT2D eigenvalue weighted by molar-refractivity contribution is 5.90. The van der Waals surface area contributed by atoms with Crippen molar-refractivity contribution in [1.29, 1.82) is 0 Å². The van der Waals surface area contributed by atoms with Gasteiger partial charge in [0.15, 0.2) is 0 Å². The Labute approximate surface area is 91.0 Å². The molecule has 0 spiro atoms. The first-order chi connectivity index (χ1) is 7.41. The minimum atomic E-state index is -0.980. The number of rotatable bonds is 3. The maximum Gasteiger partial charge on any atom is 0.338 e. The molecule has 0 aromatic heterocycles. The molecular weight excluding hydrogens is 217 g/mol. The molecular formula is C10H10FNO4. The SMILES string of the molecule is CC(C)OC(=O)c1ccc(F)c([N+](=O)[O-])c1. The van der Waals surface area contributed by atoms with Gasteiger partial charge in [-0.2, -0.15) is 4.39 Å². The second-order valence-corrected chi connectivity index (χ2v) is 3.38. The van der Waals surface area contributed by atoms with Crippen molar-refractivity contribution in [3.63, 3.8) is 0 Å². The smallest absolute Gasteiger partial charge is 0.338 e. The van der Waals surface area contributed by atoms with Gasteiger partial charge in [0.25, 0.3) is 0 Å². The molecule has 0 aliphatic heterocycles. The zero-order chi connectivity index (χ0) is 12.3. The van der Waals surface area contributed by atoms with Crippen molar-refractivity contribution in [3.8, 4) is 0 Å². The highest BCUT2D eigenvalue weighted by Crippen LogP contribution is 2.19. The number of hydrogen-bond acceptors (Lipinski definition) is 4. The van der Waals surface area contributed by atoms with Crippen LogP contribution < -0.4 is 0 Å². The first-order valence-electron chi connectivity index (χ1n) is 4.56. The number of hydrogen-bond donors (Lipinski definition) is 0. The van der Waals surface area contributed by atoms with Crippen molar-refractivity contribution in [3.05, 3.63) is 39.7 Å². The molecule has 0 saturated carbocycles. The summed E-state index contributed by atoms with van der Waals surface area (Å²) in [6.45, 7) is 3.30. The van der Waals surface area contributed by atoms with E-state index in [9.17, 15) is 19.3 Å². The molecule has 6 heteroatoms. The number of esters is 1. The van der Waals surface area contributed by atoms with E-state index < -0.39 is 22.4 Å². The summed E-state index contributed by atoms with van der Waals surface area (Å²) in [4.78, 5) is 20.9. The number of nitro benzene ring substituents is 1. The van der Waals surface area contributed by atoms with Crippen LogP contribution in [0.1, 0.15) is 24.2 Å². The molecule has 0 amide bonds. The van der Waals surface area contributed by atoms with E-state index in [0.717, 1.165) is 18.2 Å². The van der Waals surface area contributed by atoms with E-state index in [-0.39, 0.29) is 11.7 Å². The van der Waals surface area contributed by atoms with Gasteiger partial charge >= 0.3 is 11.7 Å². The van der Waals surface area contributed by atoms with E-state index in [1.807, 2.05) is 0 Å². The number of ether oxygens (including phenoxy) is 1. The molecule has 1 rings (SSSR count). The maximum atomic E-state index is 13.0. The molecule has 0 heterocycles. The van der Waals surface area contributed by atoms with Crippen LogP contribution in [-0.2, 0) is 4.74 Å². The molecule has 0 bridgehead atoms. The number of benzene rings is 1. The third-order valence-electron chi connectivity index (χ3n) is 1.72. The quantitative estimate of drug-likeness (QED) is 0.451. The van der Waals surface area contributed by atoms with Gasteiger partial charge in [0.05, 0.1) is 16.6 Å². The number of nitrogens with zero attached hydrogens (tertiary/aromatic N) is 1. The fourth-order valence-electron chi connectivity index (χ4n) is 1.06. The maximum absolute atomic E-state index is 13.0. The molecule has 0 radical (unpaired) electrons. The van der Waals surface area contributed by atoms with Crippen molar-refractivity contribution in [2.75, 3.05) is 0 Å². The van der Waals surface area contributed by atoms with Crippen LogP contribution in [0, 0.1) is 15.9 Å². The van der Waals surface area contributed by atoms with Gasteiger partial charge in [0, 0.05) is 6.07 Å². The van der Waals surface area contributed by atoms with Crippen molar-refractivity contribution < 1.29 is 18.8 Å². The van der Waals surface area contributed by atoms with Crippen molar-refractivity contribution in [2.45, 2.75) is 20.0 Å². The van der Waals surface area contributed by atoms with Crippen LogP contribution in [0.5, 0.6) is 0 Å². The van der Waals surface area contributed by atoms with E-state index in [4.69, 9.17) is 4.74 Å². The fourth-order valence-corrected chi connectivity index (χ4v) is 1.06. The lowest BCUT2D eigenvalue weighted by Gasteiger charge is -2.07. The minimum Gasteiger partial charge on any atom is -0.459 e. The second kappa shape index (κ2) is 4.69. The van der Waals surface area contributed by atoms with Gasteiger partial charge in [0.2, 0.25) is 5.82 Å². The van der Waals surface area contributed by atoms with Crippen LogP contribution in [0.15, 0.2) is 18.2 Å². The summed E-state index contributed by atoms with van der Waals surface area (Å²) in [6, 6.07) is 2.88. The lowest BCUT2D eigenvalue weighted by Crippen LogP contribution is -2.12. The number of carbonyl (C=O) groups is 1. The van der Waals surface area contributed by atoms with Gasteiger partial charge in [-0.3, -0.25) is 10.1 Å². The normalized spacial score (nSPS) is 10.2. The number of nitro groups is 1. The largest absolute Gasteiger partial charge is 0.459 e. The average molecular weight is 227 g/mol. The molecule has 86 valence electrons. The van der Waals surface area contributed by atoms with Crippen LogP contribution in [-0.4, -0.2) is 17.0 Å². The third-order valence-corrected chi connectivity index (χ3v) is 1.72. The zero-order valence-corrected chi connectivity index (χ0v) is 8.77. The first kappa shape index (κ1) is 12.1. The Balaban J connectivity index is 3.03. The highest BCUT2D eigenvalue weighted by atomic mass is 19.1. The molecule has 0 aliphatic carbocycles. The van der Waals surface area contributed by atoms with Crippen molar-refractivity contribution >= 4 is 11.7 Å². The van der Waals surface area contributed by atoms with Gasteiger partial charge in [-0.25, -0.2) is 4.79 Å². The van der Waals surface area contributed by atoms with E-state index in [0.29, 0.717) is 0 Å². The average Bonchev–Trinajstić information content (AvgIpc) is 2.16. The Hall–Kier alpha value is -1.98. The molecule has 5 nitrogen and oxygen atoms in total. The molecule has 1 aromatic carbocycles. The summed E-state index contributed by atoms with van der Waals surface area (Å²) < 4.78 is 17.8. The predicted octanol–water partition coefficient (Wildman–Crippen LogP) is 2.30. The minimum absolute atomic E-state index is 0.0400. The van der Waals surface area contributed by atoms with Crippen LogP contribution in [0.3, 0.4) is 0 Å². The molecule has 16 heavy (non-hydrogen) atoms. The Morgan fingerprint density at radius 1 is 1.50 bits per heavy atom. The van der Waals surface area contributed by atoms with E-state index in [2.05, 4.69) is 0 Å². The molecule has 1 aromatic rings. The van der Waals surface area contributed by atoms with Crippen LogP contribution in [0.4, 0.5) is 10.1 Å². The summed E-state index contributed by atoms with van der Waals surface area (Å²) in [5, 5.41) is 10.4. The Kier molecular flexibility index (Phi) is 3.55. The lowest BCUT2D eigenvalue weighted by molar-refractivity contribution is -0.387. The summed E-state index contributed by atoms with van der Waals surface area (Å²) in [7, 11) is 0. The Morgan fingerprint density at radius 2 is 2.12 bits per heavy atom. The topological polar surface area (TPSA) is 69.4 Å². The van der Waals surface area contributed by atoms with Gasteiger partial charge in [-0.05, 0) is 26.0 Å². The summed E-state index contributed by atoms with van der Waals surface area (Å²) in [5.41, 5.74) is -0.778. The zero-order valence-electron chi connectivity index (χ0n) is 8.77. The molecule has 0 atom stereocenters. The summed E-state index contributed by atoms with van der Waals surface area (Å²) in [5.74, 6) is -1.69. The first-order valence-corrected chi connectivity index (χ1v) is 4.56. The second-order valence-electron chi connectivity index (χ2n) is 3.38. The Bertz CT molecular complexity index is 431. The van der Waals surface area contributed by atoms with Gasteiger partial charge in [-0.15, -0.1) is 0 Å². The van der Waals surface area contributed by atoms with Crippen LogP contribution >= 0.6 is 0 Å². The van der Waals surface area contributed by atoms with E-state index >= 15 is 0 Å². The van der Waals surface area contributed by atoms with Gasteiger partial charge in [-0.1, -0.05) is 0 Å². The highest BCUT2D eigenvalue weighted by Gasteiger charge is 2.18. The molecule has 0 aliphatic rings. The fraction of sp³-hybridized carbons (Fsp3) is 0.300. The van der Waals surface area contributed by atoms with Crippen LogP contribution in [0.25, 0.3) is 0 Å². The standard InChI is InChI=1S/C10H10FNO4/c1-6(2)16-10(13)7-3-4-8(11)9(5-7)12(14)15/h3-6H,1-2H3. The van der Waals surface area contributed by atoms with E-state index in [1.165, 1.54) is 0 Å². The molecule has 0 saturated heterocycles. The third kappa shape index (κ3) is 2.75. The van der Waals surface area contributed by atoms with Crippen molar-refractivity contribution in [1.82, 2.24) is 0 Å². The predicted molar refractivity (Wildman–Crippen MR) is 53.6 cm³/mol. The van der Waals surface area contributed by atoms with Gasteiger partial charge in [0.1, 0.15) is 0 Å². The monoisotopic (exact) mass is 227 g/mol.